The van der Waals surface area contributed by atoms with Gasteiger partial charge in [0.1, 0.15) is 15.7 Å². The summed E-state index contributed by atoms with van der Waals surface area (Å²) in [7, 11) is 0. The van der Waals surface area contributed by atoms with Crippen LogP contribution in [0.3, 0.4) is 0 Å². The molecule has 0 aliphatic carbocycles. The van der Waals surface area contributed by atoms with Crippen molar-refractivity contribution in [2.75, 3.05) is 5.32 Å². The molecule has 3 rings (SSSR count). The van der Waals surface area contributed by atoms with E-state index in [1.165, 1.54) is 23.5 Å². The maximum absolute atomic E-state index is 13.0. The largest absolute Gasteiger partial charge is 0.321 e. The number of nitrogens with zero attached hydrogens (tertiary/aromatic N) is 1. The van der Waals surface area contributed by atoms with Gasteiger partial charge in [0.15, 0.2) is 0 Å². The summed E-state index contributed by atoms with van der Waals surface area (Å²) in [4.78, 5) is 17.4. The predicted octanol–water partition coefficient (Wildman–Crippen LogP) is 4.82. The van der Waals surface area contributed by atoms with Crippen molar-refractivity contribution in [3.05, 3.63) is 70.5 Å². The van der Waals surface area contributed by atoms with E-state index in [1.54, 1.807) is 19.1 Å². The van der Waals surface area contributed by atoms with E-state index in [1.807, 2.05) is 31.2 Å². The zero-order chi connectivity index (χ0) is 16.4. The number of hydrogen-bond donors (Lipinski definition) is 1. The van der Waals surface area contributed by atoms with E-state index in [4.69, 9.17) is 0 Å². The summed E-state index contributed by atoms with van der Waals surface area (Å²) in [6, 6.07) is 13.7. The molecule has 0 fully saturated rings. The van der Waals surface area contributed by atoms with E-state index in [0.29, 0.717) is 15.6 Å². The van der Waals surface area contributed by atoms with Gasteiger partial charge in [-0.2, -0.15) is 0 Å². The first-order valence-electron chi connectivity index (χ1n) is 7.14. The first-order valence-corrected chi connectivity index (χ1v) is 7.96. The highest BCUT2D eigenvalue weighted by Crippen LogP contribution is 2.28. The Kier molecular flexibility index (Phi) is 4.21. The van der Waals surface area contributed by atoms with Crippen LogP contribution in [0, 0.1) is 19.7 Å². The number of hydrogen-bond acceptors (Lipinski definition) is 3. The average molecular weight is 326 g/mol. The second-order valence-electron chi connectivity index (χ2n) is 5.26. The van der Waals surface area contributed by atoms with Crippen molar-refractivity contribution < 1.29 is 9.18 Å². The Morgan fingerprint density at radius 2 is 1.87 bits per heavy atom. The Balaban J connectivity index is 1.85. The van der Waals surface area contributed by atoms with Crippen molar-refractivity contribution in [1.29, 1.82) is 0 Å². The van der Waals surface area contributed by atoms with Gasteiger partial charge in [-0.1, -0.05) is 12.1 Å². The van der Waals surface area contributed by atoms with E-state index >= 15 is 0 Å². The number of benzene rings is 2. The maximum atomic E-state index is 13.0. The summed E-state index contributed by atoms with van der Waals surface area (Å²) in [6.07, 6.45) is 0. The van der Waals surface area contributed by atoms with E-state index in [-0.39, 0.29) is 11.7 Å². The number of thiazole rings is 1. The monoisotopic (exact) mass is 326 g/mol. The smallest absolute Gasteiger partial charge is 0.267 e. The molecule has 1 aromatic heterocycles. The minimum absolute atomic E-state index is 0.182. The quantitative estimate of drug-likeness (QED) is 0.750. The molecule has 0 saturated carbocycles. The average Bonchev–Trinajstić information content (AvgIpc) is 2.90. The highest BCUT2D eigenvalue weighted by molar-refractivity contribution is 7.17. The molecule has 1 amide bonds. The molecular formula is C18H15FN2OS. The van der Waals surface area contributed by atoms with Crippen LogP contribution in [0.2, 0.25) is 0 Å². The fourth-order valence-electron chi connectivity index (χ4n) is 2.23. The van der Waals surface area contributed by atoms with Crippen LogP contribution >= 0.6 is 11.3 Å². The van der Waals surface area contributed by atoms with Gasteiger partial charge in [-0.15, -0.1) is 11.3 Å². The third-order valence-electron chi connectivity index (χ3n) is 3.37. The fourth-order valence-corrected chi connectivity index (χ4v) is 3.20. The number of halogens is 1. The summed E-state index contributed by atoms with van der Waals surface area (Å²) >= 11 is 1.30. The Labute approximate surface area is 137 Å². The van der Waals surface area contributed by atoms with Crippen molar-refractivity contribution >= 4 is 22.9 Å². The number of nitrogens with one attached hydrogen (secondary N) is 1. The number of rotatable bonds is 3. The number of carbonyl (C=O) groups is 1. The van der Waals surface area contributed by atoms with Crippen LogP contribution in [0.15, 0.2) is 48.5 Å². The predicted molar refractivity (Wildman–Crippen MR) is 91.4 cm³/mol. The Morgan fingerprint density at radius 3 is 2.57 bits per heavy atom. The first-order chi connectivity index (χ1) is 11.0. The molecule has 0 aliphatic rings. The van der Waals surface area contributed by atoms with Crippen LogP contribution in [0.25, 0.3) is 10.6 Å². The van der Waals surface area contributed by atoms with Gasteiger partial charge in [-0.3, -0.25) is 4.79 Å². The SMILES string of the molecule is Cc1cccc(NC(=O)c2sc(-c3ccc(F)cc3)nc2C)c1. The van der Waals surface area contributed by atoms with Crippen molar-refractivity contribution in [2.45, 2.75) is 13.8 Å². The van der Waals surface area contributed by atoms with E-state index in [0.717, 1.165) is 16.8 Å². The standard InChI is InChI=1S/C18H15FN2OS/c1-11-4-3-5-15(10-11)21-17(22)16-12(2)20-18(23-16)13-6-8-14(19)9-7-13/h3-10H,1-2H3,(H,21,22). The van der Waals surface area contributed by atoms with Gasteiger partial charge in [0.25, 0.3) is 5.91 Å². The topological polar surface area (TPSA) is 42.0 Å². The highest BCUT2D eigenvalue weighted by atomic mass is 32.1. The number of aryl methyl sites for hydroxylation is 2. The van der Waals surface area contributed by atoms with E-state index in [2.05, 4.69) is 10.3 Å². The third-order valence-corrected chi connectivity index (χ3v) is 4.58. The molecule has 1 heterocycles. The molecule has 0 spiro atoms. The Bertz CT molecular complexity index is 856. The lowest BCUT2D eigenvalue weighted by molar-refractivity contribution is 0.103. The van der Waals surface area contributed by atoms with E-state index in [9.17, 15) is 9.18 Å². The fraction of sp³-hybridized carbons (Fsp3) is 0.111. The Hall–Kier alpha value is -2.53. The van der Waals surface area contributed by atoms with Crippen LogP contribution in [-0.2, 0) is 0 Å². The zero-order valence-corrected chi connectivity index (χ0v) is 13.6. The van der Waals surface area contributed by atoms with Crippen molar-refractivity contribution in [3.8, 4) is 10.6 Å². The molecule has 1 N–H and O–H groups in total. The summed E-state index contributed by atoms with van der Waals surface area (Å²) in [5, 5.41) is 3.59. The van der Waals surface area contributed by atoms with Crippen LogP contribution in [-0.4, -0.2) is 10.9 Å². The van der Waals surface area contributed by atoms with Gasteiger partial charge in [0, 0.05) is 11.3 Å². The molecule has 116 valence electrons. The second-order valence-corrected chi connectivity index (χ2v) is 6.26. The summed E-state index contributed by atoms with van der Waals surface area (Å²) < 4.78 is 13.0. The van der Waals surface area contributed by atoms with Crippen LogP contribution < -0.4 is 5.32 Å². The molecule has 0 atom stereocenters. The molecule has 3 nitrogen and oxygen atoms in total. The third kappa shape index (κ3) is 3.46. The molecule has 0 radical (unpaired) electrons. The van der Waals surface area contributed by atoms with Crippen molar-refractivity contribution in [2.24, 2.45) is 0 Å². The van der Waals surface area contributed by atoms with Crippen LogP contribution in [0.1, 0.15) is 20.9 Å². The first kappa shape index (κ1) is 15.4. The number of anilines is 1. The maximum Gasteiger partial charge on any atom is 0.267 e. The number of aromatic nitrogens is 1. The van der Waals surface area contributed by atoms with Gasteiger partial charge in [0.2, 0.25) is 0 Å². The second kappa shape index (κ2) is 6.30. The lowest BCUT2D eigenvalue weighted by Crippen LogP contribution is -2.11. The molecule has 0 aliphatic heterocycles. The molecule has 0 unspecified atom stereocenters. The lowest BCUT2D eigenvalue weighted by atomic mass is 10.2. The van der Waals surface area contributed by atoms with Gasteiger partial charge < -0.3 is 5.32 Å². The minimum atomic E-state index is -0.292. The molecule has 23 heavy (non-hydrogen) atoms. The molecule has 3 aromatic rings. The van der Waals surface area contributed by atoms with Gasteiger partial charge in [-0.25, -0.2) is 9.37 Å². The number of amides is 1. The van der Waals surface area contributed by atoms with Crippen LogP contribution in [0.4, 0.5) is 10.1 Å². The van der Waals surface area contributed by atoms with Crippen molar-refractivity contribution in [3.63, 3.8) is 0 Å². The summed E-state index contributed by atoms with van der Waals surface area (Å²) in [6.45, 7) is 3.77. The van der Waals surface area contributed by atoms with Gasteiger partial charge in [0.05, 0.1) is 5.69 Å². The lowest BCUT2D eigenvalue weighted by Gasteiger charge is -2.04. The molecule has 0 bridgehead atoms. The number of carbonyl (C=O) groups excluding carboxylic acids is 1. The van der Waals surface area contributed by atoms with Crippen molar-refractivity contribution in [1.82, 2.24) is 4.98 Å². The Morgan fingerprint density at radius 1 is 1.13 bits per heavy atom. The molecular weight excluding hydrogens is 311 g/mol. The molecule has 2 aromatic carbocycles. The molecule has 5 heteroatoms. The van der Waals surface area contributed by atoms with Crippen LogP contribution in [0.5, 0.6) is 0 Å². The normalized spacial score (nSPS) is 10.6. The van der Waals surface area contributed by atoms with Gasteiger partial charge in [-0.05, 0) is 55.8 Å². The molecule has 0 saturated heterocycles. The summed E-state index contributed by atoms with van der Waals surface area (Å²) in [5.41, 5.74) is 3.30. The van der Waals surface area contributed by atoms with E-state index < -0.39 is 0 Å². The minimum Gasteiger partial charge on any atom is -0.321 e. The summed E-state index contributed by atoms with van der Waals surface area (Å²) in [5.74, 6) is -0.474. The highest BCUT2D eigenvalue weighted by Gasteiger charge is 2.16. The van der Waals surface area contributed by atoms with Gasteiger partial charge >= 0.3 is 0 Å². The zero-order valence-electron chi connectivity index (χ0n) is 12.8.